The Bertz CT molecular complexity index is 3920. The van der Waals surface area contributed by atoms with Gasteiger partial charge >= 0.3 is 71.6 Å². The normalized spacial score (nSPS) is 11.1. The van der Waals surface area contributed by atoms with Gasteiger partial charge < -0.3 is 78.3 Å². The van der Waals surface area contributed by atoms with E-state index in [1.165, 1.54) is 0 Å². The van der Waals surface area contributed by atoms with Crippen LogP contribution in [0.15, 0.2) is 36.4 Å². The largest absolute Gasteiger partial charge is 0.477 e. The van der Waals surface area contributed by atoms with E-state index in [1.54, 1.807) is 0 Å². The first kappa shape index (κ1) is 54.9. The van der Waals surface area contributed by atoms with E-state index in [0.29, 0.717) is 0 Å². The second kappa shape index (κ2) is 20.7. The molecule has 80 heavy (non-hydrogen) atoms. The molecule has 0 saturated heterocycles. The van der Waals surface area contributed by atoms with Crippen LogP contribution in [-0.2, 0) is 38.4 Å². The molecule has 0 amide bonds. The van der Waals surface area contributed by atoms with Crippen molar-refractivity contribution in [3.8, 4) is 79.4 Å². The zero-order valence-electron chi connectivity index (χ0n) is 42.4. The molecular weight excluding hydrogens is 1060 g/mol. The number of aromatic nitrogens is 4. The number of H-pyrrole nitrogens is 4. The Hall–Kier alpha value is -11.3. The molecule has 0 unspecified atom stereocenters. The van der Waals surface area contributed by atoms with E-state index in [1.807, 2.05) is 0 Å². The Labute approximate surface area is 443 Å². The van der Waals surface area contributed by atoms with Crippen molar-refractivity contribution in [1.82, 2.24) is 19.9 Å². The lowest BCUT2D eigenvalue weighted by Gasteiger charge is -2.25. The number of esters is 8. The van der Waals surface area contributed by atoms with Gasteiger partial charge in [-0.25, -0.2) is 19.2 Å². The van der Waals surface area contributed by atoms with Crippen LogP contribution in [0, 0.1) is 0 Å². The Balaban J connectivity index is 1.75. The number of carbonyl (C=O) groups excluding carboxylic acids is 8. The zero-order chi connectivity index (χ0) is 58.7. The summed E-state index contributed by atoms with van der Waals surface area (Å²) in [6.45, 7) is 7.12. The topological polar surface area (TPSA) is 423 Å². The van der Waals surface area contributed by atoms with Crippen LogP contribution >= 0.6 is 0 Å². The van der Waals surface area contributed by atoms with Gasteiger partial charge in [0.1, 0.15) is 22.8 Å². The van der Waals surface area contributed by atoms with Crippen molar-refractivity contribution in [1.29, 1.82) is 0 Å². The minimum atomic E-state index is -1.73. The van der Waals surface area contributed by atoms with E-state index in [9.17, 15) is 78.0 Å². The molecule has 8 N–H and O–H groups in total. The van der Waals surface area contributed by atoms with E-state index >= 15 is 0 Å². The van der Waals surface area contributed by atoms with Crippen molar-refractivity contribution in [2.45, 2.75) is 55.4 Å². The van der Waals surface area contributed by atoms with Gasteiger partial charge in [0, 0.05) is 111 Å². The number of fused-ring (bicyclic) bond motifs is 4. The quantitative estimate of drug-likeness (QED) is 0.0386. The van der Waals surface area contributed by atoms with E-state index < -0.39 is 196 Å². The van der Waals surface area contributed by atoms with E-state index in [0.717, 1.165) is 91.8 Å². The van der Waals surface area contributed by atoms with Gasteiger partial charge in [0.2, 0.25) is 0 Å². The maximum Gasteiger partial charge on any atom is 0.352 e. The summed E-state index contributed by atoms with van der Waals surface area (Å²) >= 11 is 0. The standard InChI is InChI=1S/C52H38N4O24/c1-15(57)73-33-13-27-23(9-29(53-27)49(65)66)35(43(33)75-17(3)59)37-25-11-31(51(69)70)55-41(25)40(48(80-22(8)64)45(37)77-19(5)61)38-26-12-32(52(71)72)56-42(26)39(47(79-21(7)63)46(38)78-20(6)62)36-24-10-30(50(67)68)54-28(24)14-34(74-16(2)58)44(36)76-18(4)60/h9-14,53-56H,1-8H3,(H,65,66)(H,67,68)(H,69,70)(H,71,72). The minimum absolute atomic E-state index is 0.175. The van der Waals surface area contributed by atoms with Crippen LogP contribution < -0.4 is 37.9 Å². The van der Waals surface area contributed by atoms with Gasteiger partial charge in [-0.05, 0) is 24.3 Å². The molecule has 28 heteroatoms. The molecule has 0 aliphatic rings. The SMILES string of the molecule is CC(=O)Oc1cc2[nH]c(C(=O)O)cc2c(-c2c(OC(C)=O)c(OC(C)=O)c(-c3c(OC(C)=O)c(OC(C)=O)c(-c4c(OC(C)=O)c(OC(C)=O)cc5[nH]c(C(=O)O)cc45)c4[nH]c(C(=O)O)cc34)c3[nH]c(C(=O)O)cc23)c1OC(C)=O. The second-order valence-corrected chi connectivity index (χ2v) is 17.2. The molecule has 0 bridgehead atoms. The molecule has 0 saturated carbocycles. The molecule has 4 aromatic heterocycles. The summed E-state index contributed by atoms with van der Waals surface area (Å²) in [5, 5.41) is 40.3. The van der Waals surface area contributed by atoms with Crippen LogP contribution in [0.3, 0.4) is 0 Å². The van der Waals surface area contributed by atoms with Crippen LogP contribution in [0.5, 0.6) is 46.0 Å². The van der Waals surface area contributed by atoms with Crippen molar-refractivity contribution in [2.75, 3.05) is 0 Å². The number of carboxylic acids is 4. The zero-order valence-corrected chi connectivity index (χ0v) is 42.4. The molecule has 0 fully saturated rings. The second-order valence-electron chi connectivity index (χ2n) is 17.2. The van der Waals surface area contributed by atoms with Crippen molar-refractivity contribution in [2.24, 2.45) is 0 Å². The molecule has 4 heterocycles. The number of carbonyl (C=O) groups is 12. The van der Waals surface area contributed by atoms with Gasteiger partial charge in [0.15, 0.2) is 46.0 Å². The van der Waals surface area contributed by atoms with Gasteiger partial charge in [-0.1, -0.05) is 0 Å². The molecule has 28 nitrogen and oxygen atoms in total. The number of hydrogen-bond acceptors (Lipinski definition) is 20. The van der Waals surface area contributed by atoms with Crippen LogP contribution in [0.1, 0.15) is 97.3 Å². The van der Waals surface area contributed by atoms with E-state index in [4.69, 9.17) is 37.9 Å². The first-order valence-electron chi connectivity index (χ1n) is 22.8. The van der Waals surface area contributed by atoms with Crippen LogP contribution in [-0.4, -0.2) is 112 Å². The average Bonchev–Trinajstić information content (AvgIpc) is 4.26. The third kappa shape index (κ3) is 10.1. The lowest BCUT2D eigenvalue weighted by Crippen LogP contribution is -2.13. The number of nitrogens with one attached hydrogen (secondary N) is 4. The molecule has 4 aromatic carbocycles. The summed E-state index contributed by atoms with van der Waals surface area (Å²) in [6, 6.07) is 5.94. The highest BCUT2D eigenvalue weighted by Gasteiger charge is 2.39. The molecule has 0 aliphatic carbocycles. The molecule has 8 rings (SSSR count). The maximum absolute atomic E-state index is 13.7. The number of benzene rings is 4. The first-order chi connectivity index (χ1) is 37.6. The van der Waals surface area contributed by atoms with Gasteiger partial charge in [-0.15, -0.1) is 0 Å². The highest BCUT2D eigenvalue weighted by Crippen LogP contribution is 2.62. The summed E-state index contributed by atoms with van der Waals surface area (Å²) in [4.78, 5) is 168. The molecule has 0 atom stereocenters. The van der Waals surface area contributed by atoms with Crippen molar-refractivity contribution >= 4 is 115 Å². The number of hydrogen-bond donors (Lipinski definition) is 8. The highest BCUT2D eigenvalue weighted by atomic mass is 16.6. The van der Waals surface area contributed by atoms with Gasteiger partial charge in [-0.3, -0.25) is 38.4 Å². The predicted octanol–water partition coefficient (Wildman–Crippen LogP) is 6.81. The lowest BCUT2D eigenvalue weighted by atomic mass is 9.87. The lowest BCUT2D eigenvalue weighted by molar-refractivity contribution is -0.134. The fourth-order valence-electron chi connectivity index (χ4n) is 8.94. The summed E-state index contributed by atoms with van der Waals surface area (Å²) in [6.07, 6.45) is 0. The van der Waals surface area contributed by atoms with E-state index in [-0.39, 0.29) is 21.8 Å². The van der Waals surface area contributed by atoms with Gasteiger partial charge in [0.25, 0.3) is 0 Å². The predicted molar refractivity (Wildman–Crippen MR) is 268 cm³/mol. The Morgan fingerprint density at radius 2 is 0.512 bits per heavy atom. The molecule has 0 spiro atoms. The van der Waals surface area contributed by atoms with Gasteiger partial charge in [0.05, 0.1) is 33.2 Å². The third-order valence-electron chi connectivity index (χ3n) is 11.3. The third-order valence-corrected chi connectivity index (χ3v) is 11.3. The van der Waals surface area contributed by atoms with Crippen molar-refractivity contribution in [3.63, 3.8) is 0 Å². The molecule has 8 aromatic rings. The van der Waals surface area contributed by atoms with Crippen molar-refractivity contribution in [3.05, 3.63) is 59.2 Å². The molecule has 0 radical (unpaired) electrons. The van der Waals surface area contributed by atoms with Crippen LogP contribution in [0.2, 0.25) is 0 Å². The monoisotopic (exact) mass is 1100 g/mol. The molecule has 0 aliphatic heterocycles. The first-order valence-corrected chi connectivity index (χ1v) is 22.8. The Morgan fingerprint density at radius 3 is 0.800 bits per heavy atom. The number of rotatable bonds is 15. The molecule has 410 valence electrons. The minimum Gasteiger partial charge on any atom is -0.477 e. The summed E-state index contributed by atoms with van der Waals surface area (Å²) in [7, 11) is 0. The number of ether oxygens (including phenoxy) is 8. The number of aromatic carboxylic acids is 4. The van der Waals surface area contributed by atoms with Crippen LogP contribution in [0.4, 0.5) is 0 Å². The van der Waals surface area contributed by atoms with Crippen molar-refractivity contribution < 1.29 is 116 Å². The number of aromatic amines is 4. The van der Waals surface area contributed by atoms with Crippen LogP contribution in [0.25, 0.3) is 77.0 Å². The fraction of sp³-hybridized carbons (Fsp3) is 0.154. The maximum atomic E-state index is 13.7. The Kier molecular flexibility index (Phi) is 14.2. The Morgan fingerprint density at radius 1 is 0.287 bits per heavy atom. The number of carboxylic acid groups (broad SMARTS) is 4. The van der Waals surface area contributed by atoms with Gasteiger partial charge in [-0.2, -0.15) is 0 Å². The highest BCUT2D eigenvalue weighted by molar-refractivity contribution is 6.24. The fourth-order valence-corrected chi connectivity index (χ4v) is 8.94. The molecular formula is C52H38N4O24. The smallest absolute Gasteiger partial charge is 0.352 e. The average molecular weight is 1100 g/mol. The summed E-state index contributed by atoms with van der Waals surface area (Å²) in [5.41, 5.74) is -7.62. The summed E-state index contributed by atoms with van der Waals surface area (Å²) in [5.74, 6) is -22.2. The summed E-state index contributed by atoms with van der Waals surface area (Å²) < 4.78 is 45.9. The van der Waals surface area contributed by atoms with E-state index in [2.05, 4.69) is 19.9 Å².